The number of carbonyl (C=O) groups is 1. The van der Waals surface area contributed by atoms with Gasteiger partial charge in [-0.15, -0.1) is 11.3 Å². The zero-order chi connectivity index (χ0) is 16.1. The molecule has 22 heavy (non-hydrogen) atoms. The summed E-state index contributed by atoms with van der Waals surface area (Å²) in [5.41, 5.74) is 10.8. The van der Waals surface area contributed by atoms with E-state index < -0.39 is 0 Å². The standard InChI is InChI=1S/C13H11Cl2N3O2S2/c14-8-2-1-7(9(15)5-8)6-20-10-3-4-22-11(10)12(19)17-18-13(16)21/h1-5H,6H2,(H,17,19)(H3,16,18,21). The van der Waals surface area contributed by atoms with E-state index in [-0.39, 0.29) is 17.6 Å². The van der Waals surface area contributed by atoms with E-state index in [1.54, 1.807) is 29.6 Å². The summed E-state index contributed by atoms with van der Waals surface area (Å²) in [6.45, 7) is 0.218. The molecule has 1 heterocycles. The molecular weight excluding hydrogens is 365 g/mol. The average Bonchev–Trinajstić information content (AvgIpc) is 2.92. The van der Waals surface area contributed by atoms with Crippen molar-refractivity contribution in [2.45, 2.75) is 6.61 Å². The van der Waals surface area contributed by atoms with E-state index in [1.165, 1.54) is 11.3 Å². The molecule has 1 aromatic carbocycles. The van der Waals surface area contributed by atoms with Crippen LogP contribution >= 0.6 is 46.8 Å². The molecule has 5 nitrogen and oxygen atoms in total. The number of benzene rings is 1. The van der Waals surface area contributed by atoms with Crippen LogP contribution in [0.3, 0.4) is 0 Å². The molecule has 1 aromatic heterocycles. The van der Waals surface area contributed by atoms with Gasteiger partial charge in [-0.1, -0.05) is 29.3 Å². The van der Waals surface area contributed by atoms with Crippen LogP contribution in [0.15, 0.2) is 29.6 Å². The van der Waals surface area contributed by atoms with Crippen molar-refractivity contribution in [3.05, 3.63) is 50.1 Å². The van der Waals surface area contributed by atoms with E-state index in [2.05, 4.69) is 23.1 Å². The molecule has 1 amide bonds. The Bertz CT molecular complexity index is 706. The van der Waals surface area contributed by atoms with Gasteiger partial charge in [0.1, 0.15) is 17.2 Å². The summed E-state index contributed by atoms with van der Waals surface area (Å²) in [5, 5.41) is 2.77. The van der Waals surface area contributed by atoms with Gasteiger partial charge in [0, 0.05) is 15.6 Å². The monoisotopic (exact) mass is 375 g/mol. The SMILES string of the molecule is NC(=S)NNC(=O)c1sccc1OCc1ccc(Cl)cc1Cl. The van der Waals surface area contributed by atoms with Crippen LogP contribution in [0.2, 0.25) is 10.0 Å². The maximum Gasteiger partial charge on any atom is 0.283 e. The average molecular weight is 376 g/mol. The van der Waals surface area contributed by atoms with Crippen LogP contribution in [-0.4, -0.2) is 11.0 Å². The maximum atomic E-state index is 12.0. The molecule has 0 bridgehead atoms. The normalized spacial score (nSPS) is 10.1. The van der Waals surface area contributed by atoms with E-state index in [1.807, 2.05) is 0 Å². The van der Waals surface area contributed by atoms with E-state index in [0.29, 0.717) is 20.7 Å². The fourth-order valence-electron chi connectivity index (χ4n) is 1.55. The molecule has 2 aromatic rings. The third-order valence-electron chi connectivity index (χ3n) is 2.53. The number of carbonyl (C=O) groups excluding carboxylic acids is 1. The molecule has 0 unspecified atom stereocenters. The molecule has 0 radical (unpaired) electrons. The number of hydrazine groups is 1. The Morgan fingerprint density at radius 2 is 2.09 bits per heavy atom. The number of nitrogens with one attached hydrogen (secondary N) is 2. The number of nitrogens with two attached hydrogens (primary N) is 1. The van der Waals surface area contributed by atoms with Crippen LogP contribution in [-0.2, 0) is 6.61 Å². The summed E-state index contributed by atoms with van der Waals surface area (Å²) < 4.78 is 5.64. The van der Waals surface area contributed by atoms with Gasteiger partial charge in [-0.3, -0.25) is 15.6 Å². The zero-order valence-corrected chi connectivity index (χ0v) is 14.2. The molecule has 0 aliphatic carbocycles. The Labute approximate surface area is 146 Å². The Balaban J connectivity index is 2.03. The lowest BCUT2D eigenvalue weighted by atomic mass is 10.2. The van der Waals surface area contributed by atoms with Gasteiger partial charge in [0.15, 0.2) is 5.11 Å². The number of ether oxygens (including phenoxy) is 1. The maximum absolute atomic E-state index is 12.0. The topological polar surface area (TPSA) is 76.4 Å². The molecule has 4 N–H and O–H groups in total. The van der Waals surface area contributed by atoms with Crippen LogP contribution < -0.4 is 21.3 Å². The molecule has 0 aliphatic heterocycles. The number of amides is 1. The predicted octanol–water partition coefficient (Wildman–Crippen LogP) is 3.11. The van der Waals surface area contributed by atoms with Crippen molar-refractivity contribution < 1.29 is 9.53 Å². The molecule has 0 aliphatic rings. The summed E-state index contributed by atoms with van der Waals surface area (Å²) >= 11 is 17.8. The van der Waals surface area contributed by atoms with Crippen molar-refractivity contribution in [3.8, 4) is 5.75 Å². The van der Waals surface area contributed by atoms with Crippen molar-refractivity contribution in [2.24, 2.45) is 5.73 Å². The zero-order valence-electron chi connectivity index (χ0n) is 11.1. The van der Waals surface area contributed by atoms with Gasteiger partial charge < -0.3 is 10.5 Å². The third kappa shape index (κ3) is 4.48. The summed E-state index contributed by atoms with van der Waals surface area (Å²) in [7, 11) is 0. The van der Waals surface area contributed by atoms with Crippen LogP contribution in [0.1, 0.15) is 15.2 Å². The van der Waals surface area contributed by atoms with E-state index >= 15 is 0 Å². The number of hydrogen-bond donors (Lipinski definition) is 3. The van der Waals surface area contributed by atoms with Crippen molar-refractivity contribution in [3.63, 3.8) is 0 Å². The van der Waals surface area contributed by atoms with Gasteiger partial charge in [0.05, 0.1) is 0 Å². The molecule has 0 atom stereocenters. The van der Waals surface area contributed by atoms with Crippen LogP contribution in [0, 0.1) is 0 Å². The Hall–Kier alpha value is -1.54. The van der Waals surface area contributed by atoms with Gasteiger partial charge in [-0.05, 0) is 35.8 Å². The largest absolute Gasteiger partial charge is 0.487 e. The molecule has 0 saturated carbocycles. The summed E-state index contributed by atoms with van der Waals surface area (Å²) in [5.74, 6) is 0.0539. The smallest absolute Gasteiger partial charge is 0.283 e. The lowest BCUT2D eigenvalue weighted by molar-refractivity contribution is 0.0944. The van der Waals surface area contributed by atoms with Crippen molar-refractivity contribution >= 4 is 57.8 Å². The number of rotatable bonds is 4. The number of thiophene rings is 1. The molecule has 2 rings (SSSR count). The predicted molar refractivity (Wildman–Crippen MR) is 92.5 cm³/mol. The van der Waals surface area contributed by atoms with E-state index in [0.717, 1.165) is 5.56 Å². The summed E-state index contributed by atoms with van der Waals surface area (Å²) in [6.07, 6.45) is 0. The first-order valence-electron chi connectivity index (χ1n) is 5.97. The van der Waals surface area contributed by atoms with Crippen LogP contribution in [0.4, 0.5) is 0 Å². The van der Waals surface area contributed by atoms with E-state index in [4.69, 9.17) is 33.7 Å². The van der Waals surface area contributed by atoms with Gasteiger partial charge in [0.25, 0.3) is 5.91 Å². The third-order valence-corrected chi connectivity index (χ3v) is 4.12. The second-order valence-corrected chi connectivity index (χ2v) is 6.28. The molecule has 0 fully saturated rings. The highest BCUT2D eigenvalue weighted by Crippen LogP contribution is 2.27. The lowest BCUT2D eigenvalue weighted by Gasteiger charge is -2.09. The fourth-order valence-corrected chi connectivity index (χ4v) is 2.79. The molecule has 0 saturated heterocycles. The minimum Gasteiger partial charge on any atom is -0.487 e. The first-order chi connectivity index (χ1) is 10.5. The second-order valence-electron chi connectivity index (χ2n) is 4.08. The Kier molecular flexibility index (Phi) is 5.84. The molecular formula is C13H11Cl2N3O2S2. The van der Waals surface area contributed by atoms with Gasteiger partial charge in [0.2, 0.25) is 0 Å². The molecule has 9 heteroatoms. The highest BCUT2D eigenvalue weighted by atomic mass is 35.5. The first-order valence-corrected chi connectivity index (χ1v) is 8.01. The van der Waals surface area contributed by atoms with Gasteiger partial charge in [-0.2, -0.15) is 0 Å². The fraction of sp³-hybridized carbons (Fsp3) is 0.0769. The number of hydrogen-bond acceptors (Lipinski definition) is 4. The minimum atomic E-state index is -0.389. The number of halogens is 2. The van der Waals surface area contributed by atoms with Crippen LogP contribution in [0.5, 0.6) is 5.75 Å². The van der Waals surface area contributed by atoms with Gasteiger partial charge in [-0.25, -0.2) is 0 Å². The second kappa shape index (κ2) is 7.64. The number of thiocarbonyl (C=S) groups is 1. The van der Waals surface area contributed by atoms with E-state index in [9.17, 15) is 4.79 Å². The highest BCUT2D eigenvalue weighted by Gasteiger charge is 2.15. The quantitative estimate of drug-likeness (QED) is 0.565. The Morgan fingerprint density at radius 3 is 2.77 bits per heavy atom. The van der Waals surface area contributed by atoms with Crippen molar-refractivity contribution in [1.29, 1.82) is 0 Å². The summed E-state index contributed by atoms with van der Waals surface area (Å²) in [6, 6.07) is 6.82. The first kappa shape index (κ1) is 16.8. The minimum absolute atomic E-state index is 0.0275. The van der Waals surface area contributed by atoms with Gasteiger partial charge >= 0.3 is 0 Å². The van der Waals surface area contributed by atoms with Crippen molar-refractivity contribution in [2.75, 3.05) is 0 Å². The van der Waals surface area contributed by atoms with Crippen LogP contribution in [0.25, 0.3) is 0 Å². The van der Waals surface area contributed by atoms with Crippen molar-refractivity contribution in [1.82, 2.24) is 10.9 Å². The lowest BCUT2D eigenvalue weighted by Crippen LogP contribution is -2.44. The molecule has 116 valence electrons. The molecule has 0 spiro atoms. The Morgan fingerprint density at radius 1 is 1.32 bits per heavy atom. The highest BCUT2D eigenvalue weighted by molar-refractivity contribution is 7.80. The summed E-state index contributed by atoms with van der Waals surface area (Å²) in [4.78, 5) is 12.3.